The van der Waals surface area contributed by atoms with Gasteiger partial charge in [0.2, 0.25) is 6.08 Å². The van der Waals surface area contributed by atoms with Crippen molar-refractivity contribution in [3.63, 3.8) is 0 Å². The third kappa shape index (κ3) is 1.43. The number of hydrogen-bond acceptors (Lipinski definition) is 4. The van der Waals surface area contributed by atoms with E-state index in [0.29, 0.717) is 11.3 Å². The van der Waals surface area contributed by atoms with E-state index in [4.69, 9.17) is 4.52 Å². The van der Waals surface area contributed by atoms with Crippen LogP contribution in [-0.2, 0) is 11.3 Å². The van der Waals surface area contributed by atoms with Gasteiger partial charge in [0.25, 0.3) is 0 Å². The van der Waals surface area contributed by atoms with Crippen LogP contribution in [0, 0.1) is 6.92 Å². The smallest absolute Gasteiger partial charge is 0.235 e. The van der Waals surface area contributed by atoms with Gasteiger partial charge in [0.15, 0.2) is 5.58 Å². The first-order valence-electron chi connectivity index (χ1n) is 4.20. The van der Waals surface area contributed by atoms with E-state index in [1.54, 1.807) is 0 Å². The van der Waals surface area contributed by atoms with E-state index in [1.165, 1.54) is 6.08 Å². The van der Waals surface area contributed by atoms with Gasteiger partial charge in [-0.3, -0.25) is 0 Å². The lowest BCUT2D eigenvalue weighted by atomic mass is 10.1. The highest BCUT2D eigenvalue weighted by Crippen LogP contribution is 2.20. The monoisotopic (exact) mass is 188 g/mol. The Kier molecular flexibility index (Phi) is 2.13. The minimum absolute atomic E-state index is 0.222. The van der Waals surface area contributed by atoms with Crippen LogP contribution in [0.5, 0.6) is 0 Å². The van der Waals surface area contributed by atoms with Crippen molar-refractivity contribution in [2.75, 3.05) is 0 Å². The molecule has 2 aromatic rings. The molecule has 4 heteroatoms. The zero-order chi connectivity index (χ0) is 9.97. The average molecular weight is 188 g/mol. The maximum absolute atomic E-state index is 9.95. The fraction of sp³-hybridized carbons (Fsp3) is 0.200. The first kappa shape index (κ1) is 8.66. The minimum Gasteiger partial charge on any atom is -0.356 e. The zero-order valence-corrected chi connectivity index (χ0v) is 7.65. The molecular weight excluding hydrogens is 180 g/mol. The molecule has 4 nitrogen and oxygen atoms in total. The molecule has 0 amide bonds. The van der Waals surface area contributed by atoms with Crippen molar-refractivity contribution in [3.05, 3.63) is 29.5 Å². The quantitative estimate of drug-likeness (QED) is 0.534. The number of rotatable bonds is 2. The number of aryl methyl sites for hydroxylation is 1. The number of aromatic nitrogens is 1. The fourth-order valence-corrected chi connectivity index (χ4v) is 1.32. The van der Waals surface area contributed by atoms with Crippen molar-refractivity contribution in [2.24, 2.45) is 4.99 Å². The van der Waals surface area contributed by atoms with Crippen LogP contribution >= 0.6 is 0 Å². The van der Waals surface area contributed by atoms with Crippen molar-refractivity contribution >= 4 is 17.0 Å². The standard InChI is InChI=1S/C10H8N2O2/c1-7-2-3-10-8(4-7)9(12-14-10)5-11-6-13/h2-4H,5H2,1H3. The predicted molar refractivity (Wildman–Crippen MR) is 50.6 cm³/mol. The molecular formula is C10H8N2O2. The number of nitrogens with zero attached hydrogens (tertiary/aromatic N) is 2. The Balaban J connectivity index is 2.54. The molecule has 0 aliphatic carbocycles. The van der Waals surface area contributed by atoms with Gasteiger partial charge in [-0.05, 0) is 19.1 Å². The number of isocyanates is 1. The van der Waals surface area contributed by atoms with Gasteiger partial charge in [-0.25, -0.2) is 4.79 Å². The lowest BCUT2D eigenvalue weighted by molar-refractivity contribution is 0.446. The number of fused-ring (bicyclic) bond motifs is 1. The number of benzene rings is 1. The molecule has 0 N–H and O–H groups in total. The molecule has 0 spiro atoms. The first-order valence-corrected chi connectivity index (χ1v) is 4.20. The van der Waals surface area contributed by atoms with Gasteiger partial charge < -0.3 is 4.52 Å². The third-order valence-corrected chi connectivity index (χ3v) is 1.99. The number of hydrogen-bond donors (Lipinski definition) is 0. The molecule has 0 saturated heterocycles. The summed E-state index contributed by atoms with van der Waals surface area (Å²) in [6, 6.07) is 5.76. The van der Waals surface area contributed by atoms with Gasteiger partial charge in [0, 0.05) is 5.39 Å². The number of aliphatic imine (C=N–C) groups is 1. The van der Waals surface area contributed by atoms with Gasteiger partial charge in [0.05, 0.1) is 6.54 Å². The molecule has 14 heavy (non-hydrogen) atoms. The highest BCUT2D eigenvalue weighted by Gasteiger charge is 2.06. The Morgan fingerprint density at radius 1 is 1.57 bits per heavy atom. The van der Waals surface area contributed by atoms with Crippen LogP contribution in [0.3, 0.4) is 0 Å². The van der Waals surface area contributed by atoms with Gasteiger partial charge >= 0.3 is 0 Å². The lowest BCUT2D eigenvalue weighted by Gasteiger charge is -1.91. The van der Waals surface area contributed by atoms with E-state index in [9.17, 15) is 4.79 Å². The molecule has 2 rings (SSSR count). The highest BCUT2D eigenvalue weighted by atomic mass is 16.5. The fourth-order valence-electron chi connectivity index (χ4n) is 1.32. The van der Waals surface area contributed by atoms with Gasteiger partial charge in [0.1, 0.15) is 5.69 Å². The molecule has 1 aromatic heterocycles. The van der Waals surface area contributed by atoms with Crippen molar-refractivity contribution in [3.8, 4) is 0 Å². The van der Waals surface area contributed by atoms with Crippen molar-refractivity contribution in [1.29, 1.82) is 0 Å². The third-order valence-electron chi connectivity index (χ3n) is 1.99. The van der Waals surface area contributed by atoms with E-state index in [-0.39, 0.29) is 6.54 Å². The highest BCUT2D eigenvalue weighted by molar-refractivity contribution is 5.80. The minimum atomic E-state index is 0.222. The van der Waals surface area contributed by atoms with Gasteiger partial charge in [-0.1, -0.05) is 16.8 Å². The van der Waals surface area contributed by atoms with Crippen molar-refractivity contribution in [1.82, 2.24) is 5.16 Å². The molecule has 0 fully saturated rings. The van der Waals surface area contributed by atoms with E-state index >= 15 is 0 Å². The second-order valence-electron chi connectivity index (χ2n) is 3.04. The molecule has 0 unspecified atom stereocenters. The summed E-state index contributed by atoms with van der Waals surface area (Å²) in [5, 5.41) is 4.73. The normalized spacial score (nSPS) is 10.1. The first-order chi connectivity index (χ1) is 6.81. The largest absolute Gasteiger partial charge is 0.356 e. The Bertz CT molecular complexity index is 510. The molecule has 1 heterocycles. The van der Waals surface area contributed by atoms with Crippen molar-refractivity contribution in [2.45, 2.75) is 13.5 Å². The summed E-state index contributed by atoms with van der Waals surface area (Å²) < 4.78 is 5.06. The second kappa shape index (κ2) is 3.44. The van der Waals surface area contributed by atoms with E-state index < -0.39 is 0 Å². The molecule has 0 aliphatic heterocycles. The molecule has 0 saturated carbocycles. The summed E-state index contributed by atoms with van der Waals surface area (Å²) in [5.74, 6) is 0. The predicted octanol–water partition coefficient (Wildman–Crippen LogP) is 1.97. The summed E-state index contributed by atoms with van der Waals surface area (Å²) in [5.41, 5.74) is 2.51. The molecule has 0 bridgehead atoms. The summed E-state index contributed by atoms with van der Waals surface area (Å²) >= 11 is 0. The lowest BCUT2D eigenvalue weighted by Crippen LogP contribution is -1.81. The Hall–Kier alpha value is -1.93. The summed E-state index contributed by atoms with van der Waals surface area (Å²) in [7, 11) is 0. The van der Waals surface area contributed by atoms with Crippen LogP contribution in [0.2, 0.25) is 0 Å². The maximum atomic E-state index is 9.95. The van der Waals surface area contributed by atoms with Crippen LogP contribution in [0.15, 0.2) is 27.7 Å². The van der Waals surface area contributed by atoms with Crippen LogP contribution in [0.4, 0.5) is 0 Å². The summed E-state index contributed by atoms with van der Waals surface area (Å²) in [4.78, 5) is 13.4. The van der Waals surface area contributed by atoms with Crippen LogP contribution in [0.1, 0.15) is 11.3 Å². The molecule has 0 atom stereocenters. The second-order valence-corrected chi connectivity index (χ2v) is 3.04. The molecule has 70 valence electrons. The van der Waals surface area contributed by atoms with Gasteiger partial charge in [-0.2, -0.15) is 4.99 Å². The van der Waals surface area contributed by atoms with E-state index in [0.717, 1.165) is 10.9 Å². The van der Waals surface area contributed by atoms with Crippen LogP contribution in [0.25, 0.3) is 11.0 Å². The molecule has 1 aromatic carbocycles. The Morgan fingerprint density at radius 2 is 2.43 bits per heavy atom. The van der Waals surface area contributed by atoms with E-state index in [1.807, 2.05) is 25.1 Å². The maximum Gasteiger partial charge on any atom is 0.235 e. The molecule has 0 radical (unpaired) electrons. The SMILES string of the molecule is Cc1ccc2onc(CN=C=O)c2c1. The van der Waals surface area contributed by atoms with E-state index in [2.05, 4.69) is 10.1 Å². The Morgan fingerprint density at radius 3 is 3.21 bits per heavy atom. The zero-order valence-electron chi connectivity index (χ0n) is 7.65. The number of carbonyl (C=O) groups excluding carboxylic acids is 1. The van der Waals surface area contributed by atoms with Crippen LogP contribution in [-0.4, -0.2) is 11.2 Å². The van der Waals surface area contributed by atoms with Crippen molar-refractivity contribution < 1.29 is 9.32 Å². The summed E-state index contributed by atoms with van der Waals surface area (Å²) in [6.07, 6.45) is 1.48. The topological polar surface area (TPSA) is 55.5 Å². The summed E-state index contributed by atoms with van der Waals surface area (Å²) in [6.45, 7) is 2.21. The van der Waals surface area contributed by atoms with Crippen LogP contribution < -0.4 is 0 Å². The van der Waals surface area contributed by atoms with Gasteiger partial charge in [-0.15, -0.1) is 0 Å². The average Bonchev–Trinajstić information content (AvgIpc) is 2.57. The molecule has 0 aliphatic rings. The Labute approximate surface area is 80.2 Å².